The van der Waals surface area contributed by atoms with Gasteiger partial charge >= 0.3 is 0 Å². The molecule has 1 heterocycles. The van der Waals surface area contributed by atoms with E-state index in [1.54, 1.807) is 48.0 Å². The molecule has 5 rings (SSSR count). The molecule has 1 aliphatic rings. The molecule has 2 unspecified atom stereocenters. The van der Waals surface area contributed by atoms with Crippen molar-refractivity contribution in [3.05, 3.63) is 107 Å². The lowest BCUT2D eigenvalue weighted by molar-refractivity contribution is -0.128. The monoisotopic (exact) mass is 562 g/mol. The average molecular weight is 563 g/mol. The molecule has 8 nitrogen and oxygen atoms in total. The Morgan fingerprint density at radius 3 is 2.21 bits per heavy atom. The van der Waals surface area contributed by atoms with Crippen molar-refractivity contribution in [3.8, 4) is 0 Å². The number of benzene rings is 4. The van der Waals surface area contributed by atoms with E-state index in [0.29, 0.717) is 22.5 Å². The molecule has 42 heavy (non-hydrogen) atoms. The summed E-state index contributed by atoms with van der Waals surface area (Å²) in [5.74, 6) is -1.09. The number of amides is 3. The summed E-state index contributed by atoms with van der Waals surface area (Å²) in [6.45, 7) is 5.40. The zero-order valence-corrected chi connectivity index (χ0v) is 24.2. The molecule has 2 N–H and O–H groups in total. The first-order valence-corrected chi connectivity index (χ1v) is 14.0. The molecule has 0 radical (unpaired) electrons. The van der Waals surface area contributed by atoms with Gasteiger partial charge in [-0.25, -0.2) is 0 Å². The van der Waals surface area contributed by atoms with Crippen LogP contribution in [-0.4, -0.2) is 49.2 Å². The average Bonchev–Trinajstić information content (AvgIpc) is 3.12. The van der Waals surface area contributed by atoms with Gasteiger partial charge in [0.1, 0.15) is 6.04 Å². The van der Waals surface area contributed by atoms with Crippen LogP contribution in [0.2, 0.25) is 0 Å². The van der Waals surface area contributed by atoms with E-state index < -0.39 is 12.1 Å². The quantitative estimate of drug-likeness (QED) is 0.320. The van der Waals surface area contributed by atoms with Crippen LogP contribution >= 0.6 is 0 Å². The fourth-order valence-corrected chi connectivity index (χ4v) is 5.29. The van der Waals surface area contributed by atoms with Gasteiger partial charge in [0.25, 0.3) is 11.8 Å². The van der Waals surface area contributed by atoms with Crippen molar-refractivity contribution >= 4 is 45.7 Å². The van der Waals surface area contributed by atoms with Gasteiger partial charge in [0.05, 0.1) is 30.5 Å². The van der Waals surface area contributed by atoms with Crippen LogP contribution in [0.4, 0.5) is 11.4 Å². The molecule has 214 valence electrons. The summed E-state index contributed by atoms with van der Waals surface area (Å²) >= 11 is 0. The van der Waals surface area contributed by atoms with Crippen molar-refractivity contribution in [2.24, 2.45) is 0 Å². The van der Waals surface area contributed by atoms with E-state index in [2.05, 4.69) is 16.7 Å². The minimum atomic E-state index is -1.00. The van der Waals surface area contributed by atoms with E-state index in [4.69, 9.17) is 0 Å². The summed E-state index contributed by atoms with van der Waals surface area (Å²) in [5.41, 5.74) is 4.02. The molecule has 0 saturated heterocycles. The zero-order valence-electron chi connectivity index (χ0n) is 24.2. The number of carbonyl (C=O) groups excluding carboxylic acids is 4. The number of para-hydroxylation sites is 2. The third kappa shape index (κ3) is 5.53. The van der Waals surface area contributed by atoms with Gasteiger partial charge in [-0.1, -0.05) is 60.7 Å². The van der Waals surface area contributed by atoms with Crippen LogP contribution in [0.5, 0.6) is 0 Å². The summed E-state index contributed by atoms with van der Waals surface area (Å²) < 4.78 is 0. The number of Topliss-reactive ketones (excluding diaryl/α,β-unsaturated/α-hetero) is 1. The number of fused-ring (bicyclic) bond motifs is 2. The second-order valence-corrected chi connectivity index (χ2v) is 10.6. The Kier molecular flexibility index (Phi) is 8.17. The van der Waals surface area contributed by atoms with Crippen LogP contribution in [-0.2, 0) is 16.1 Å². The summed E-state index contributed by atoms with van der Waals surface area (Å²) in [6.07, 6.45) is 0. The molecule has 1 aliphatic heterocycles. The van der Waals surface area contributed by atoms with Crippen LogP contribution in [0.15, 0.2) is 84.9 Å². The first-order chi connectivity index (χ1) is 20.2. The van der Waals surface area contributed by atoms with Crippen LogP contribution in [0.1, 0.15) is 45.7 Å². The van der Waals surface area contributed by atoms with Crippen LogP contribution in [0.25, 0.3) is 10.8 Å². The Balaban J connectivity index is 1.62. The lowest BCUT2D eigenvalue weighted by Crippen LogP contribution is -2.55. The normalized spacial score (nSPS) is 15.6. The Bertz CT molecular complexity index is 1680. The summed E-state index contributed by atoms with van der Waals surface area (Å²) in [5, 5.41) is 7.90. The maximum absolute atomic E-state index is 14.3. The predicted molar refractivity (Wildman–Crippen MR) is 165 cm³/mol. The Labute approximate surface area is 245 Å². The van der Waals surface area contributed by atoms with E-state index in [0.717, 1.165) is 21.9 Å². The number of hydrogen-bond acceptors (Lipinski definition) is 5. The summed E-state index contributed by atoms with van der Waals surface area (Å²) in [7, 11) is 1.67. The standard InChI is InChI=1S/C34H34N4O4/c1-21-13-14-25-9-5-6-10-27(25)28(21)19-37-30-11-7-8-12-31(30)38(20-29(34(37)42)36-32(40)22(2)35-4)33(41)26-17-15-24(16-18-26)23(3)39/h5-18,22,29,35H,19-20H2,1-4H3,(H,36,40). The van der Waals surface area contributed by atoms with Crippen LogP contribution in [0.3, 0.4) is 0 Å². The maximum atomic E-state index is 14.3. The Morgan fingerprint density at radius 2 is 1.52 bits per heavy atom. The van der Waals surface area contributed by atoms with E-state index in [9.17, 15) is 19.2 Å². The third-order valence-electron chi connectivity index (χ3n) is 7.91. The minimum Gasteiger partial charge on any atom is -0.341 e. The summed E-state index contributed by atoms with van der Waals surface area (Å²) in [4.78, 5) is 56.4. The first-order valence-electron chi connectivity index (χ1n) is 14.0. The van der Waals surface area contributed by atoms with Crippen molar-refractivity contribution in [1.29, 1.82) is 0 Å². The number of carbonyl (C=O) groups is 4. The molecule has 0 saturated carbocycles. The minimum absolute atomic E-state index is 0.0592. The third-order valence-corrected chi connectivity index (χ3v) is 7.91. The van der Waals surface area contributed by atoms with E-state index >= 15 is 0 Å². The lowest BCUT2D eigenvalue weighted by atomic mass is 9.99. The zero-order chi connectivity index (χ0) is 30.0. The first kappa shape index (κ1) is 28.7. The highest BCUT2D eigenvalue weighted by molar-refractivity contribution is 6.13. The van der Waals surface area contributed by atoms with Crippen molar-refractivity contribution in [2.45, 2.75) is 39.4 Å². The molecule has 0 bridgehead atoms. The van der Waals surface area contributed by atoms with Crippen molar-refractivity contribution < 1.29 is 19.2 Å². The maximum Gasteiger partial charge on any atom is 0.258 e. The highest BCUT2D eigenvalue weighted by atomic mass is 16.2. The SMILES string of the molecule is CNC(C)C(=O)NC1CN(C(=O)c2ccc(C(C)=O)cc2)c2ccccc2N(Cc2c(C)ccc3ccccc23)C1=O. The molecule has 4 aromatic rings. The number of nitrogens with zero attached hydrogens (tertiary/aromatic N) is 2. The largest absolute Gasteiger partial charge is 0.341 e. The topological polar surface area (TPSA) is 98.8 Å². The molecule has 2 atom stereocenters. The number of anilines is 2. The molecule has 0 aromatic heterocycles. The predicted octanol–water partition coefficient (Wildman–Crippen LogP) is 4.64. The van der Waals surface area contributed by atoms with E-state index in [1.807, 2.05) is 61.5 Å². The Morgan fingerprint density at radius 1 is 0.881 bits per heavy atom. The molecular weight excluding hydrogens is 528 g/mol. The number of aryl methyl sites for hydroxylation is 1. The molecule has 0 spiro atoms. The fourth-order valence-electron chi connectivity index (χ4n) is 5.29. The van der Waals surface area contributed by atoms with Crippen molar-refractivity contribution in [2.75, 3.05) is 23.4 Å². The number of ketones is 1. The molecule has 4 aromatic carbocycles. The summed E-state index contributed by atoms with van der Waals surface area (Å²) in [6, 6.07) is 24.4. The highest BCUT2D eigenvalue weighted by Crippen LogP contribution is 2.36. The van der Waals surface area contributed by atoms with Gasteiger partial charge in [-0.2, -0.15) is 0 Å². The van der Waals surface area contributed by atoms with Gasteiger partial charge in [0.2, 0.25) is 5.91 Å². The fraction of sp³-hybridized carbons (Fsp3) is 0.235. The molecule has 3 amide bonds. The second-order valence-electron chi connectivity index (χ2n) is 10.6. The molecule has 0 aliphatic carbocycles. The second kappa shape index (κ2) is 12.0. The van der Waals surface area contributed by atoms with Crippen molar-refractivity contribution in [1.82, 2.24) is 10.6 Å². The van der Waals surface area contributed by atoms with Gasteiger partial charge in [-0.05, 0) is 74.0 Å². The smallest absolute Gasteiger partial charge is 0.258 e. The van der Waals surface area contributed by atoms with Crippen molar-refractivity contribution in [3.63, 3.8) is 0 Å². The van der Waals surface area contributed by atoms with Gasteiger partial charge in [0, 0.05) is 11.1 Å². The number of likely N-dealkylation sites (N-methyl/N-ethyl adjacent to an activating group) is 1. The number of hydrogen-bond donors (Lipinski definition) is 2. The van der Waals surface area contributed by atoms with Gasteiger partial charge in [-0.15, -0.1) is 0 Å². The highest BCUT2D eigenvalue weighted by Gasteiger charge is 2.38. The van der Waals surface area contributed by atoms with E-state index in [-0.39, 0.29) is 36.6 Å². The lowest BCUT2D eigenvalue weighted by Gasteiger charge is -2.27. The van der Waals surface area contributed by atoms with Gasteiger partial charge in [0.15, 0.2) is 5.78 Å². The molecular formula is C34H34N4O4. The van der Waals surface area contributed by atoms with Gasteiger partial charge in [-0.3, -0.25) is 19.2 Å². The van der Waals surface area contributed by atoms with Crippen LogP contribution in [0, 0.1) is 6.92 Å². The molecule has 0 fully saturated rings. The molecule has 8 heteroatoms. The Hall–Kier alpha value is -4.82. The van der Waals surface area contributed by atoms with Gasteiger partial charge < -0.3 is 20.4 Å². The number of rotatable bonds is 7. The van der Waals surface area contributed by atoms with E-state index in [1.165, 1.54) is 6.92 Å². The number of nitrogens with one attached hydrogen (secondary N) is 2. The van der Waals surface area contributed by atoms with Crippen LogP contribution < -0.4 is 20.4 Å².